The smallest absolute Gasteiger partial charge is 0.222 e. The van der Waals surface area contributed by atoms with Gasteiger partial charge >= 0.3 is 0 Å². The molecular weight excluding hydrogens is 921 g/mol. The zero-order valence-corrected chi connectivity index (χ0v) is 47.5. The molecule has 3 aromatic carbocycles. The molecule has 0 radical (unpaired) electrons. The van der Waals surface area contributed by atoms with Crippen LogP contribution in [0.15, 0.2) is 103 Å². The number of sulfone groups is 1. The van der Waals surface area contributed by atoms with Crippen LogP contribution in [0.25, 0.3) is 0 Å². The summed E-state index contributed by atoms with van der Waals surface area (Å²) in [5.74, 6) is 5.83. The number of anilines is 1. The van der Waals surface area contributed by atoms with Crippen molar-refractivity contribution in [3.05, 3.63) is 136 Å². The van der Waals surface area contributed by atoms with Crippen molar-refractivity contribution in [3.8, 4) is 11.5 Å². The normalized spacial score (nSPS) is 19.0. The largest absolute Gasteiger partial charge is 0.494 e. The highest BCUT2D eigenvalue weighted by Gasteiger charge is 2.21. The van der Waals surface area contributed by atoms with Gasteiger partial charge in [-0.3, -0.25) is 9.59 Å². The lowest BCUT2D eigenvalue weighted by atomic mass is 9.90. The first-order valence-corrected chi connectivity index (χ1v) is 28.0. The molecule has 11 nitrogen and oxygen atoms in total. The minimum atomic E-state index is -2.87. The summed E-state index contributed by atoms with van der Waals surface area (Å²) in [6, 6.07) is 18.5. The molecule has 0 aromatic heterocycles. The molecule has 7 rings (SSSR count). The van der Waals surface area contributed by atoms with Crippen LogP contribution in [-0.2, 0) is 24.2 Å². The molecule has 0 N–H and O–H groups in total. The second-order valence-corrected chi connectivity index (χ2v) is 22.6. The van der Waals surface area contributed by atoms with Gasteiger partial charge in [-0.15, -0.1) is 0 Å². The molecule has 2 amide bonds. The van der Waals surface area contributed by atoms with Gasteiger partial charge in [-0.05, 0) is 172 Å². The first-order valence-electron chi connectivity index (χ1n) is 25.9. The fraction of sp³-hybridized carbons (Fsp3) is 0.533. The second-order valence-electron chi connectivity index (χ2n) is 20.4. The van der Waals surface area contributed by atoms with Gasteiger partial charge in [-0.2, -0.15) is 0 Å². The number of rotatable bonds is 15. The van der Waals surface area contributed by atoms with E-state index in [0.29, 0.717) is 75.8 Å². The van der Waals surface area contributed by atoms with Crippen LogP contribution in [0.2, 0.25) is 0 Å². The highest BCUT2D eigenvalue weighted by atomic mass is 32.2. The van der Waals surface area contributed by atoms with Crippen molar-refractivity contribution in [2.75, 3.05) is 91.1 Å². The van der Waals surface area contributed by atoms with Crippen LogP contribution < -0.4 is 14.4 Å². The number of aryl methyl sites for hydroxylation is 6. The monoisotopic (exact) mass is 1010 g/mol. The molecule has 4 atom stereocenters. The molecule has 398 valence electrons. The Morgan fingerprint density at radius 3 is 1.43 bits per heavy atom. The topological polar surface area (TPSA) is 109 Å². The predicted octanol–water partition coefficient (Wildman–Crippen LogP) is 11.4. The molecule has 3 aromatic rings. The minimum Gasteiger partial charge on any atom is -0.494 e. The average molecular weight is 1010 g/mol. The van der Waals surface area contributed by atoms with E-state index in [2.05, 4.69) is 148 Å². The first kappa shape index (κ1) is 60.8. The summed E-state index contributed by atoms with van der Waals surface area (Å²) >= 11 is 0. The minimum absolute atomic E-state index is 0.178. The van der Waals surface area contributed by atoms with Crippen molar-refractivity contribution in [2.24, 2.45) is 23.7 Å². The summed E-state index contributed by atoms with van der Waals surface area (Å²) in [4.78, 5) is 30.8. The Bertz CT molecular complexity index is 2420. The molecule has 0 saturated carbocycles. The Morgan fingerprint density at radius 2 is 1.01 bits per heavy atom. The molecule has 2 fully saturated rings. The summed E-state index contributed by atoms with van der Waals surface area (Å²) in [6.07, 6.45) is 18.3. The van der Waals surface area contributed by atoms with Crippen LogP contribution in [-0.4, -0.2) is 121 Å². The van der Waals surface area contributed by atoms with Gasteiger partial charge in [-0.25, -0.2) is 8.42 Å². The third-order valence-electron chi connectivity index (χ3n) is 13.7. The lowest BCUT2D eigenvalue weighted by Crippen LogP contribution is -2.29. The van der Waals surface area contributed by atoms with Gasteiger partial charge in [0.2, 0.25) is 11.8 Å². The number of benzene rings is 3. The highest BCUT2D eigenvalue weighted by Crippen LogP contribution is 2.24. The van der Waals surface area contributed by atoms with Gasteiger partial charge in [0.1, 0.15) is 40.3 Å². The molecular formula is C60H90N4O7S. The Kier molecular flexibility index (Phi) is 25.8. The third kappa shape index (κ3) is 22.5. The van der Waals surface area contributed by atoms with E-state index in [4.69, 9.17) is 14.2 Å². The van der Waals surface area contributed by atoms with E-state index in [9.17, 15) is 18.0 Å². The molecule has 4 aliphatic rings. The Labute approximate surface area is 435 Å². The van der Waals surface area contributed by atoms with E-state index in [1.165, 1.54) is 51.0 Å². The fourth-order valence-electron chi connectivity index (χ4n) is 7.74. The predicted molar refractivity (Wildman–Crippen MR) is 300 cm³/mol. The van der Waals surface area contributed by atoms with Crippen molar-refractivity contribution in [2.45, 2.75) is 101 Å². The van der Waals surface area contributed by atoms with Crippen molar-refractivity contribution in [3.63, 3.8) is 0 Å². The van der Waals surface area contributed by atoms with Gasteiger partial charge < -0.3 is 33.8 Å². The second kappa shape index (κ2) is 30.5. The maximum Gasteiger partial charge on any atom is 0.222 e. The van der Waals surface area contributed by atoms with Gasteiger partial charge in [0.25, 0.3) is 0 Å². The van der Waals surface area contributed by atoms with Crippen LogP contribution in [0.1, 0.15) is 93.2 Å². The van der Waals surface area contributed by atoms with Crippen LogP contribution in [0, 0.1) is 65.2 Å². The molecule has 72 heavy (non-hydrogen) atoms. The summed E-state index contributed by atoms with van der Waals surface area (Å²) in [7, 11) is 5.41. The number of allylic oxidation sites excluding steroid dienone is 6. The summed E-state index contributed by atoms with van der Waals surface area (Å²) in [5, 5.41) is 0. The molecule has 0 unspecified atom stereocenters. The van der Waals surface area contributed by atoms with E-state index in [0.717, 1.165) is 43.2 Å². The van der Waals surface area contributed by atoms with Crippen molar-refractivity contribution in [1.29, 1.82) is 0 Å². The number of likely N-dealkylation sites (tertiary alicyclic amines) is 2. The zero-order valence-electron chi connectivity index (χ0n) is 46.7. The van der Waals surface area contributed by atoms with Crippen molar-refractivity contribution < 1.29 is 32.2 Å². The number of carbonyl (C=O) groups is 2. The molecule has 2 heterocycles. The number of nitrogens with zero attached hydrogens (tertiary/aromatic N) is 4. The lowest BCUT2D eigenvalue weighted by molar-refractivity contribution is -0.128. The maximum atomic E-state index is 11.4. The molecule has 0 bridgehead atoms. The number of carbonyl (C=O) groups excluding carboxylic acids is 2. The summed E-state index contributed by atoms with van der Waals surface area (Å²) in [5.41, 5.74) is 10.2. The van der Waals surface area contributed by atoms with Gasteiger partial charge in [0.05, 0.1) is 25.4 Å². The standard InChI is InChI=1S/C14H21NO2.C14H19NO2.C12H18O3S.C10H17N.C10H15N/c2*1-11-5-6-13(10-12(11)2)17-9-8-15-7-3-4-14(15)16;1-10-5-6-12(9-11(10)2)15-7-4-8-16(3,13)14;2*1-8-5-6-10(11(3)4)7-9(8)2/h5-6,10-12H,3-4,7-9H2,1-2H3;5-6,10H,3-4,7-9H2,1-2H3;5-6,9H,4,7-8H2,1-3H3;5-9H,1-4H3;5-7H,1-4H3/t11-,12+;;;8-,9+;/m0..0./s1. The van der Waals surface area contributed by atoms with Gasteiger partial charge in [0, 0.05) is 71.8 Å². The van der Waals surface area contributed by atoms with E-state index in [-0.39, 0.29) is 17.6 Å². The fourth-order valence-corrected chi connectivity index (χ4v) is 8.38. The summed E-state index contributed by atoms with van der Waals surface area (Å²) in [6.45, 7) is 26.2. The van der Waals surface area contributed by atoms with Gasteiger partial charge in [0.15, 0.2) is 0 Å². The maximum absolute atomic E-state index is 11.4. The van der Waals surface area contributed by atoms with E-state index in [1.54, 1.807) is 0 Å². The van der Waals surface area contributed by atoms with Crippen LogP contribution >= 0.6 is 0 Å². The van der Waals surface area contributed by atoms with Crippen LogP contribution in [0.4, 0.5) is 5.69 Å². The quantitative estimate of drug-likeness (QED) is 0.138. The SMILES string of the molecule is C[C@@H]1C=C(N(C)C)C=C[C@@H]1C.C[C@@H]1C=C(OCCN2CCCC2=O)C=C[C@@H]1C.Cc1ccc(N(C)C)cc1C.Cc1ccc(OCCCS(C)(=O)=O)cc1C.Cc1ccc(OCCN2CCCC2=O)cc1C. The summed E-state index contributed by atoms with van der Waals surface area (Å²) < 4.78 is 38.6. The first-order chi connectivity index (χ1) is 33.9. The molecule has 2 aliphatic carbocycles. The number of hydrogen-bond donors (Lipinski definition) is 0. The van der Waals surface area contributed by atoms with Crippen LogP contribution in [0.3, 0.4) is 0 Å². The number of ether oxygens (including phenoxy) is 3. The molecule has 12 heteroatoms. The van der Waals surface area contributed by atoms with Gasteiger partial charge in [-0.1, -0.05) is 64.1 Å². The zero-order chi connectivity index (χ0) is 53.5. The Balaban J connectivity index is 0.000000241. The Morgan fingerprint density at radius 1 is 0.556 bits per heavy atom. The number of hydrogen-bond acceptors (Lipinski definition) is 9. The van der Waals surface area contributed by atoms with E-state index in [1.807, 2.05) is 60.1 Å². The van der Waals surface area contributed by atoms with Crippen molar-refractivity contribution in [1.82, 2.24) is 14.7 Å². The molecule has 2 saturated heterocycles. The number of likely N-dealkylation sites (N-methyl/N-ethyl adjacent to an activating group) is 1. The van der Waals surface area contributed by atoms with E-state index >= 15 is 0 Å². The highest BCUT2D eigenvalue weighted by molar-refractivity contribution is 7.90. The number of amides is 2. The van der Waals surface area contributed by atoms with E-state index < -0.39 is 9.84 Å². The third-order valence-corrected chi connectivity index (χ3v) is 14.7. The molecule has 0 spiro atoms. The van der Waals surface area contributed by atoms with Crippen LogP contribution in [0.5, 0.6) is 11.5 Å². The lowest BCUT2D eigenvalue weighted by Gasteiger charge is -2.23. The van der Waals surface area contributed by atoms with Crippen molar-refractivity contribution >= 4 is 27.3 Å². The molecule has 2 aliphatic heterocycles. The Hall–Kier alpha value is -5.49. The average Bonchev–Trinajstić information content (AvgIpc) is 3.94.